The summed E-state index contributed by atoms with van der Waals surface area (Å²) in [6, 6.07) is 3.19. The monoisotopic (exact) mass is 324 g/mol. The summed E-state index contributed by atoms with van der Waals surface area (Å²) in [7, 11) is 1.43. The third kappa shape index (κ3) is 3.84. The van der Waals surface area contributed by atoms with E-state index < -0.39 is 17.7 Å². The van der Waals surface area contributed by atoms with E-state index in [1.165, 1.54) is 24.1 Å². The molecule has 0 spiro atoms. The maximum Gasteiger partial charge on any atom is 0.335 e. The highest BCUT2D eigenvalue weighted by Crippen LogP contribution is 2.15. The summed E-state index contributed by atoms with van der Waals surface area (Å²) in [6.45, 7) is 1.26. The minimum absolute atomic E-state index is 0.0147. The number of ether oxygens (including phenoxy) is 1. The number of amides is 2. The first kappa shape index (κ1) is 16.9. The minimum Gasteiger partial charge on any atom is -0.478 e. The molecule has 0 unspecified atom stereocenters. The SMILES string of the molecule is COCC(=O)N1CCN(C(=O)c2ccc(C(=O)O)cc2F)CC1. The van der Waals surface area contributed by atoms with Crippen molar-refractivity contribution in [2.45, 2.75) is 0 Å². The lowest BCUT2D eigenvalue weighted by Crippen LogP contribution is -2.51. The predicted molar refractivity (Wildman–Crippen MR) is 77.7 cm³/mol. The fourth-order valence-corrected chi connectivity index (χ4v) is 2.37. The number of methoxy groups -OCH3 is 1. The van der Waals surface area contributed by atoms with Gasteiger partial charge in [-0.1, -0.05) is 0 Å². The average Bonchev–Trinajstić information content (AvgIpc) is 2.54. The summed E-state index contributed by atoms with van der Waals surface area (Å²) in [4.78, 5) is 37.8. The molecule has 23 heavy (non-hydrogen) atoms. The summed E-state index contributed by atoms with van der Waals surface area (Å²) in [5.74, 6) is -2.80. The molecule has 0 bridgehead atoms. The van der Waals surface area contributed by atoms with Crippen LogP contribution in [0.25, 0.3) is 0 Å². The first-order valence-electron chi connectivity index (χ1n) is 7.03. The van der Waals surface area contributed by atoms with Gasteiger partial charge in [0.1, 0.15) is 12.4 Å². The minimum atomic E-state index is -1.26. The van der Waals surface area contributed by atoms with Crippen LogP contribution in [-0.2, 0) is 9.53 Å². The Balaban J connectivity index is 2.03. The summed E-state index contributed by atoms with van der Waals surface area (Å²) in [5, 5.41) is 8.80. The van der Waals surface area contributed by atoms with Gasteiger partial charge >= 0.3 is 5.97 Å². The van der Waals surface area contributed by atoms with Crippen LogP contribution in [0.5, 0.6) is 0 Å². The standard InChI is InChI=1S/C15H17FN2O5/c1-23-9-13(19)17-4-6-18(7-5-17)14(20)11-3-2-10(15(21)22)8-12(11)16/h2-3,8H,4-7,9H2,1H3,(H,21,22). The number of benzene rings is 1. The second-order valence-electron chi connectivity index (χ2n) is 5.11. The Morgan fingerprint density at radius 2 is 1.78 bits per heavy atom. The Hall–Kier alpha value is -2.48. The zero-order chi connectivity index (χ0) is 17.0. The van der Waals surface area contributed by atoms with Crippen molar-refractivity contribution in [3.63, 3.8) is 0 Å². The van der Waals surface area contributed by atoms with E-state index in [0.29, 0.717) is 13.1 Å². The third-order valence-electron chi connectivity index (χ3n) is 3.63. The highest BCUT2D eigenvalue weighted by atomic mass is 19.1. The Kier molecular flexibility index (Phi) is 5.28. The lowest BCUT2D eigenvalue weighted by Gasteiger charge is -2.34. The lowest BCUT2D eigenvalue weighted by atomic mass is 10.1. The molecule has 2 amide bonds. The Labute approximate surface area is 132 Å². The third-order valence-corrected chi connectivity index (χ3v) is 3.63. The molecule has 0 aliphatic carbocycles. The highest BCUT2D eigenvalue weighted by Gasteiger charge is 2.26. The van der Waals surface area contributed by atoms with Crippen molar-refractivity contribution in [3.05, 3.63) is 35.1 Å². The van der Waals surface area contributed by atoms with E-state index in [9.17, 15) is 18.8 Å². The van der Waals surface area contributed by atoms with Crippen molar-refractivity contribution >= 4 is 17.8 Å². The molecule has 8 heteroatoms. The van der Waals surface area contributed by atoms with Gasteiger partial charge in [-0.25, -0.2) is 9.18 Å². The van der Waals surface area contributed by atoms with Gasteiger partial charge < -0.3 is 19.6 Å². The van der Waals surface area contributed by atoms with Crippen molar-refractivity contribution in [1.82, 2.24) is 9.80 Å². The molecule has 0 saturated carbocycles. The van der Waals surface area contributed by atoms with E-state index in [0.717, 1.165) is 6.07 Å². The number of carbonyl (C=O) groups excluding carboxylic acids is 2. The Bertz CT molecular complexity index is 626. The van der Waals surface area contributed by atoms with Gasteiger partial charge in [-0.3, -0.25) is 9.59 Å². The Morgan fingerprint density at radius 3 is 2.30 bits per heavy atom. The average molecular weight is 324 g/mol. The first-order chi connectivity index (χ1) is 10.9. The molecule has 0 atom stereocenters. The quantitative estimate of drug-likeness (QED) is 0.869. The molecular weight excluding hydrogens is 307 g/mol. The van der Waals surface area contributed by atoms with Crippen LogP contribution >= 0.6 is 0 Å². The molecule has 124 valence electrons. The largest absolute Gasteiger partial charge is 0.478 e. The van der Waals surface area contributed by atoms with Gasteiger partial charge in [0.25, 0.3) is 5.91 Å². The molecule has 0 aromatic heterocycles. The van der Waals surface area contributed by atoms with Crippen molar-refractivity contribution in [2.75, 3.05) is 39.9 Å². The number of piperazine rings is 1. The van der Waals surface area contributed by atoms with Gasteiger partial charge in [0, 0.05) is 33.3 Å². The molecule has 1 fully saturated rings. The van der Waals surface area contributed by atoms with E-state index in [1.807, 2.05) is 0 Å². The van der Waals surface area contributed by atoms with Crippen LogP contribution in [0.15, 0.2) is 18.2 Å². The summed E-state index contributed by atoms with van der Waals surface area (Å²) in [5.41, 5.74) is -0.388. The smallest absolute Gasteiger partial charge is 0.335 e. The van der Waals surface area contributed by atoms with Crippen LogP contribution in [-0.4, -0.2) is 72.6 Å². The first-order valence-corrected chi connectivity index (χ1v) is 7.03. The zero-order valence-corrected chi connectivity index (χ0v) is 12.6. The van der Waals surface area contributed by atoms with Crippen molar-refractivity contribution in [1.29, 1.82) is 0 Å². The summed E-state index contributed by atoms with van der Waals surface area (Å²) < 4.78 is 18.7. The van der Waals surface area contributed by atoms with E-state index >= 15 is 0 Å². The number of rotatable bonds is 4. The van der Waals surface area contributed by atoms with Crippen LogP contribution < -0.4 is 0 Å². The van der Waals surface area contributed by atoms with E-state index in [4.69, 9.17) is 9.84 Å². The summed E-state index contributed by atoms with van der Waals surface area (Å²) in [6.07, 6.45) is 0. The van der Waals surface area contributed by atoms with Gasteiger partial charge in [0.15, 0.2) is 0 Å². The molecule has 1 aromatic rings. The topological polar surface area (TPSA) is 87.2 Å². The van der Waals surface area contributed by atoms with Gasteiger partial charge in [0.2, 0.25) is 5.91 Å². The van der Waals surface area contributed by atoms with Gasteiger partial charge in [0.05, 0.1) is 11.1 Å². The van der Waals surface area contributed by atoms with Crippen molar-refractivity contribution in [2.24, 2.45) is 0 Å². The van der Waals surface area contributed by atoms with Crippen molar-refractivity contribution < 1.29 is 28.6 Å². The second-order valence-corrected chi connectivity index (χ2v) is 5.11. The molecule has 1 aliphatic heterocycles. The number of carboxylic acid groups (broad SMARTS) is 1. The zero-order valence-electron chi connectivity index (χ0n) is 12.6. The molecular formula is C15H17FN2O5. The van der Waals surface area contributed by atoms with E-state index in [2.05, 4.69) is 0 Å². The highest BCUT2D eigenvalue weighted by molar-refractivity contribution is 5.96. The van der Waals surface area contributed by atoms with Crippen LogP contribution in [0.2, 0.25) is 0 Å². The second kappa shape index (κ2) is 7.19. The van der Waals surface area contributed by atoms with Crippen LogP contribution in [0, 0.1) is 5.82 Å². The maximum absolute atomic E-state index is 13.9. The molecule has 1 aromatic carbocycles. The molecule has 0 radical (unpaired) electrons. The predicted octanol–water partition coefficient (Wildman–Crippen LogP) is 0.455. The molecule has 7 nitrogen and oxygen atoms in total. The number of carbonyl (C=O) groups is 3. The molecule has 1 saturated heterocycles. The van der Waals surface area contributed by atoms with Crippen molar-refractivity contribution in [3.8, 4) is 0 Å². The number of hydrogen-bond acceptors (Lipinski definition) is 4. The summed E-state index contributed by atoms with van der Waals surface area (Å²) >= 11 is 0. The Morgan fingerprint density at radius 1 is 1.17 bits per heavy atom. The molecule has 2 rings (SSSR count). The van der Waals surface area contributed by atoms with E-state index in [1.54, 1.807) is 4.90 Å². The number of halogens is 1. The number of nitrogens with zero attached hydrogens (tertiary/aromatic N) is 2. The van der Waals surface area contributed by atoms with Crippen LogP contribution in [0.4, 0.5) is 4.39 Å². The molecule has 1 N–H and O–H groups in total. The molecule has 1 aliphatic rings. The van der Waals surface area contributed by atoms with Crippen LogP contribution in [0.3, 0.4) is 0 Å². The number of carboxylic acids is 1. The van der Waals surface area contributed by atoms with Crippen LogP contribution in [0.1, 0.15) is 20.7 Å². The fraction of sp³-hybridized carbons (Fsp3) is 0.400. The van der Waals surface area contributed by atoms with Gasteiger partial charge in [-0.05, 0) is 18.2 Å². The lowest BCUT2D eigenvalue weighted by molar-refractivity contribution is -0.136. The normalized spacial score (nSPS) is 14.7. The maximum atomic E-state index is 13.9. The van der Waals surface area contributed by atoms with Gasteiger partial charge in [-0.15, -0.1) is 0 Å². The number of hydrogen-bond donors (Lipinski definition) is 1. The van der Waals surface area contributed by atoms with E-state index in [-0.39, 0.29) is 36.7 Å². The van der Waals surface area contributed by atoms with Gasteiger partial charge in [-0.2, -0.15) is 0 Å². The fourth-order valence-electron chi connectivity index (χ4n) is 2.37. The number of aromatic carboxylic acids is 1. The molecule has 1 heterocycles.